The summed E-state index contributed by atoms with van der Waals surface area (Å²) in [6.07, 6.45) is 0. The van der Waals surface area contributed by atoms with Gasteiger partial charge in [0.25, 0.3) is 0 Å². The number of alkyl halides is 2. The van der Waals surface area contributed by atoms with Gasteiger partial charge in [-0.15, -0.1) is 0 Å². The summed E-state index contributed by atoms with van der Waals surface area (Å²) in [4.78, 5) is 0. The van der Waals surface area contributed by atoms with Gasteiger partial charge in [-0.25, -0.2) is 4.39 Å². The van der Waals surface area contributed by atoms with E-state index in [1.807, 2.05) is 0 Å². The van der Waals surface area contributed by atoms with Crippen LogP contribution in [0, 0.1) is 5.82 Å². The predicted octanol–water partition coefficient (Wildman–Crippen LogP) is 5.40. The van der Waals surface area contributed by atoms with E-state index < -0.39 is 18.2 Å². The van der Waals surface area contributed by atoms with Crippen molar-refractivity contribution in [3.05, 3.63) is 52.3 Å². The zero-order valence-electron chi connectivity index (χ0n) is 9.34. The summed E-state index contributed by atoms with van der Waals surface area (Å²) in [5.41, 5.74) is 0.614. The fraction of sp³-hybridized carbons (Fsp3) is 0.0769. The van der Waals surface area contributed by atoms with Crippen LogP contribution in [-0.2, 0) is 0 Å². The molecule has 1 nitrogen and oxygen atoms in total. The maximum atomic E-state index is 13.6. The van der Waals surface area contributed by atoms with Gasteiger partial charge in [0.05, 0.1) is 10.0 Å². The Morgan fingerprint density at radius 2 is 1.74 bits per heavy atom. The minimum absolute atomic E-state index is 0.180. The van der Waals surface area contributed by atoms with Crippen LogP contribution in [0.1, 0.15) is 0 Å². The van der Waals surface area contributed by atoms with E-state index in [4.69, 9.17) is 23.2 Å². The van der Waals surface area contributed by atoms with Gasteiger partial charge in [0.15, 0.2) is 11.6 Å². The Hall–Kier alpha value is -1.39. The van der Waals surface area contributed by atoms with Gasteiger partial charge in [0.2, 0.25) is 0 Å². The van der Waals surface area contributed by atoms with Crippen LogP contribution in [0.3, 0.4) is 0 Å². The molecule has 6 heteroatoms. The van der Waals surface area contributed by atoms with Crippen molar-refractivity contribution in [1.82, 2.24) is 0 Å². The Labute approximate surface area is 117 Å². The van der Waals surface area contributed by atoms with E-state index >= 15 is 0 Å². The van der Waals surface area contributed by atoms with E-state index in [2.05, 4.69) is 4.74 Å². The minimum Gasteiger partial charge on any atom is -0.431 e. The second kappa shape index (κ2) is 5.72. The molecule has 0 radical (unpaired) electrons. The van der Waals surface area contributed by atoms with E-state index in [9.17, 15) is 13.2 Å². The highest BCUT2D eigenvalue weighted by atomic mass is 35.5. The average molecular weight is 307 g/mol. The first-order valence-electron chi connectivity index (χ1n) is 5.18. The fourth-order valence-corrected chi connectivity index (χ4v) is 1.91. The molecule has 0 spiro atoms. The molecule has 0 aliphatic heterocycles. The molecule has 0 aromatic heterocycles. The van der Waals surface area contributed by atoms with E-state index in [0.29, 0.717) is 10.6 Å². The van der Waals surface area contributed by atoms with Crippen molar-refractivity contribution in [1.29, 1.82) is 0 Å². The summed E-state index contributed by atoms with van der Waals surface area (Å²) in [6, 6.07) is 8.39. The summed E-state index contributed by atoms with van der Waals surface area (Å²) in [6.45, 7) is -3.11. The molecular formula is C13H7Cl2F3O. The molecule has 0 saturated heterocycles. The number of hydrogen-bond donors (Lipinski definition) is 0. The van der Waals surface area contributed by atoms with Crippen LogP contribution in [-0.4, -0.2) is 6.61 Å². The summed E-state index contributed by atoms with van der Waals surface area (Å²) >= 11 is 11.6. The molecule has 0 atom stereocenters. The van der Waals surface area contributed by atoms with Crippen LogP contribution in [0.2, 0.25) is 10.0 Å². The first-order valence-corrected chi connectivity index (χ1v) is 5.93. The second-order valence-electron chi connectivity index (χ2n) is 3.62. The molecule has 0 aliphatic rings. The lowest BCUT2D eigenvalue weighted by Crippen LogP contribution is -2.05. The third-order valence-corrected chi connectivity index (χ3v) is 3.14. The van der Waals surface area contributed by atoms with Crippen molar-refractivity contribution >= 4 is 23.2 Å². The number of rotatable bonds is 3. The van der Waals surface area contributed by atoms with Crippen LogP contribution < -0.4 is 4.74 Å². The molecule has 0 bridgehead atoms. The normalized spacial score (nSPS) is 10.8. The summed E-state index contributed by atoms with van der Waals surface area (Å²) in [7, 11) is 0. The Kier molecular flexibility index (Phi) is 4.22. The second-order valence-corrected chi connectivity index (χ2v) is 4.44. The van der Waals surface area contributed by atoms with Crippen molar-refractivity contribution in [2.24, 2.45) is 0 Å². The third kappa shape index (κ3) is 3.14. The van der Waals surface area contributed by atoms with Crippen LogP contribution in [0.15, 0.2) is 36.4 Å². The van der Waals surface area contributed by atoms with Crippen molar-refractivity contribution in [3.8, 4) is 16.9 Å². The summed E-state index contributed by atoms with van der Waals surface area (Å²) < 4.78 is 42.4. The monoisotopic (exact) mass is 306 g/mol. The topological polar surface area (TPSA) is 9.23 Å². The molecule has 0 heterocycles. The number of para-hydroxylation sites is 1. The molecule has 0 aliphatic carbocycles. The fourth-order valence-electron chi connectivity index (χ4n) is 1.61. The van der Waals surface area contributed by atoms with Crippen LogP contribution in [0.5, 0.6) is 5.75 Å². The van der Waals surface area contributed by atoms with E-state index in [1.165, 1.54) is 24.3 Å². The van der Waals surface area contributed by atoms with Gasteiger partial charge >= 0.3 is 6.61 Å². The first-order chi connectivity index (χ1) is 8.99. The van der Waals surface area contributed by atoms with Crippen molar-refractivity contribution < 1.29 is 17.9 Å². The van der Waals surface area contributed by atoms with Gasteiger partial charge in [-0.2, -0.15) is 8.78 Å². The number of benzene rings is 2. The lowest BCUT2D eigenvalue weighted by molar-refractivity contribution is -0.0517. The lowest BCUT2D eigenvalue weighted by atomic mass is 10.0. The van der Waals surface area contributed by atoms with Gasteiger partial charge in [-0.3, -0.25) is 0 Å². The van der Waals surface area contributed by atoms with Crippen LogP contribution >= 0.6 is 23.2 Å². The largest absolute Gasteiger partial charge is 0.431 e. The molecule has 0 unspecified atom stereocenters. The van der Waals surface area contributed by atoms with Crippen molar-refractivity contribution in [2.75, 3.05) is 0 Å². The summed E-state index contributed by atoms with van der Waals surface area (Å²) in [5.74, 6) is -1.39. The SMILES string of the molecule is Fc1cccc(-c2ccc(Cl)c(Cl)c2)c1OC(F)F. The standard InChI is InChI=1S/C13H7Cl2F3O/c14-9-5-4-7(6-10(9)15)8-2-1-3-11(16)12(8)19-13(17)18/h1-6,13H. The zero-order chi connectivity index (χ0) is 14.0. The average Bonchev–Trinajstić information content (AvgIpc) is 2.35. The Balaban J connectivity index is 2.54. The van der Waals surface area contributed by atoms with Crippen LogP contribution in [0.4, 0.5) is 13.2 Å². The highest BCUT2D eigenvalue weighted by Gasteiger charge is 2.16. The number of hydrogen-bond acceptors (Lipinski definition) is 1. The first kappa shape index (κ1) is 14.0. The molecule has 2 aromatic rings. The highest BCUT2D eigenvalue weighted by molar-refractivity contribution is 6.42. The van der Waals surface area contributed by atoms with Crippen molar-refractivity contribution in [3.63, 3.8) is 0 Å². The van der Waals surface area contributed by atoms with Gasteiger partial charge in [0.1, 0.15) is 0 Å². The Morgan fingerprint density at radius 1 is 1.00 bits per heavy atom. The third-order valence-electron chi connectivity index (χ3n) is 2.40. The van der Waals surface area contributed by atoms with E-state index in [-0.39, 0.29) is 10.6 Å². The van der Waals surface area contributed by atoms with Crippen molar-refractivity contribution in [2.45, 2.75) is 6.61 Å². The molecule has 0 fully saturated rings. The Morgan fingerprint density at radius 3 is 2.37 bits per heavy atom. The molecule has 2 rings (SSSR count). The molecular weight excluding hydrogens is 300 g/mol. The quantitative estimate of drug-likeness (QED) is 0.737. The maximum Gasteiger partial charge on any atom is 0.387 e. The highest BCUT2D eigenvalue weighted by Crippen LogP contribution is 2.36. The van der Waals surface area contributed by atoms with Gasteiger partial charge in [-0.1, -0.05) is 41.4 Å². The molecule has 19 heavy (non-hydrogen) atoms. The Bertz CT molecular complexity index is 602. The van der Waals surface area contributed by atoms with Crippen LogP contribution in [0.25, 0.3) is 11.1 Å². The zero-order valence-corrected chi connectivity index (χ0v) is 10.9. The van der Waals surface area contributed by atoms with Gasteiger partial charge < -0.3 is 4.74 Å². The lowest BCUT2D eigenvalue weighted by Gasteiger charge is -2.12. The molecule has 0 saturated carbocycles. The molecule has 0 N–H and O–H groups in total. The molecule has 2 aromatic carbocycles. The minimum atomic E-state index is -3.11. The molecule has 0 amide bonds. The van der Waals surface area contributed by atoms with Gasteiger partial charge in [0, 0.05) is 5.56 Å². The molecule has 100 valence electrons. The number of halogens is 5. The smallest absolute Gasteiger partial charge is 0.387 e. The van der Waals surface area contributed by atoms with E-state index in [0.717, 1.165) is 6.07 Å². The predicted molar refractivity (Wildman–Crippen MR) is 68.5 cm³/mol. The number of ether oxygens (including phenoxy) is 1. The maximum absolute atomic E-state index is 13.6. The van der Waals surface area contributed by atoms with E-state index in [1.54, 1.807) is 6.07 Å². The summed E-state index contributed by atoms with van der Waals surface area (Å²) in [5, 5.41) is 0.560. The van der Waals surface area contributed by atoms with Gasteiger partial charge in [-0.05, 0) is 23.8 Å².